The molecular weight excluding hydrogens is 374 g/mol. The highest BCUT2D eigenvalue weighted by Crippen LogP contribution is 2.35. The van der Waals surface area contributed by atoms with Gasteiger partial charge in [-0.1, -0.05) is 51.1 Å². The van der Waals surface area contributed by atoms with Crippen LogP contribution in [0.25, 0.3) is 0 Å². The summed E-state index contributed by atoms with van der Waals surface area (Å²) in [6.45, 7) is 9.17. The minimum Gasteiger partial charge on any atom is -0.463 e. The van der Waals surface area contributed by atoms with Crippen molar-refractivity contribution >= 4 is 12.1 Å². The van der Waals surface area contributed by atoms with Gasteiger partial charge in [-0.2, -0.15) is 0 Å². The van der Waals surface area contributed by atoms with Gasteiger partial charge in [0, 0.05) is 19.4 Å². The fraction of sp³-hybridized carbons (Fsp3) is 0.636. The summed E-state index contributed by atoms with van der Waals surface area (Å²) in [5, 5.41) is 2.72. The summed E-state index contributed by atoms with van der Waals surface area (Å²) in [4.78, 5) is 22.8. The molecule has 0 radical (unpaired) electrons. The monoisotopic (exact) mass is 407 g/mol. The number of carbonyl (C=O) groups is 2. The van der Waals surface area contributed by atoms with Crippen molar-refractivity contribution in [3.63, 3.8) is 0 Å². The van der Waals surface area contributed by atoms with E-state index >= 15 is 0 Å². The number of carbonyl (C=O) groups excluding carboxylic acids is 2. The van der Waals surface area contributed by atoms with Gasteiger partial charge in [-0.05, 0) is 23.8 Å². The Hall–Kier alpha value is -2.12. The van der Waals surface area contributed by atoms with Gasteiger partial charge in [0.15, 0.2) is 6.29 Å². The Labute approximate surface area is 173 Å². The predicted molar refractivity (Wildman–Crippen MR) is 108 cm³/mol. The minimum absolute atomic E-state index is 0.179. The van der Waals surface area contributed by atoms with Crippen LogP contribution >= 0.6 is 0 Å². The SMILES string of the molecule is CC(=O)OCC1O[C@@H](OCCCNC(=O)OCc2ccccc2)C(C)[C@@H](C)[C@H]1C. The van der Waals surface area contributed by atoms with Crippen LogP contribution in [0.2, 0.25) is 0 Å². The van der Waals surface area contributed by atoms with E-state index in [-0.39, 0.29) is 43.4 Å². The highest BCUT2D eigenvalue weighted by atomic mass is 16.7. The first kappa shape index (κ1) is 23.2. The molecule has 0 aliphatic carbocycles. The smallest absolute Gasteiger partial charge is 0.407 e. The summed E-state index contributed by atoms with van der Waals surface area (Å²) < 4.78 is 22.2. The number of hydrogen-bond acceptors (Lipinski definition) is 6. The van der Waals surface area contributed by atoms with E-state index in [1.807, 2.05) is 30.3 Å². The molecule has 7 heteroatoms. The number of rotatable bonds is 9. The molecule has 0 aromatic heterocycles. The number of amides is 1. The van der Waals surface area contributed by atoms with Gasteiger partial charge in [-0.25, -0.2) is 4.79 Å². The third-order valence-corrected chi connectivity index (χ3v) is 5.52. The van der Waals surface area contributed by atoms with Crippen molar-refractivity contribution in [2.45, 2.75) is 53.1 Å². The number of esters is 1. The zero-order chi connectivity index (χ0) is 21.2. The molecule has 1 aliphatic heterocycles. The largest absolute Gasteiger partial charge is 0.463 e. The van der Waals surface area contributed by atoms with Crippen LogP contribution in [0.4, 0.5) is 4.79 Å². The first-order chi connectivity index (χ1) is 13.9. The molecule has 0 bridgehead atoms. The van der Waals surface area contributed by atoms with E-state index < -0.39 is 6.09 Å². The third-order valence-electron chi connectivity index (χ3n) is 5.52. The normalized spacial score (nSPS) is 26.6. The van der Waals surface area contributed by atoms with Crippen LogP contribution in [-0.2, 0) is 30.3 Å². The van der Waals surface area contributed by atoms with E-state index in [1.165, 1.54) is 6.92 Å². The zero-order valence-electron chi connectivity index (χ0n) is 17.8. The Morgan fingerprint density at radius 3 is 2.45 bits per heavy atom. The fourth-order valence-electron chi connectivity index (χ4n) is 3.30. The van der Waals surface area contributed by atoms with Gasteiger partial charge in [-0.15, -0.1) is 0 Å². The summed E-state index contributed by atoms with van der Waals surface area (Å²) in [6, 6.07) is 9.54. The van der Waals surface area contributed by atoms with Gasteiger partial charge in [0.1, 0.15) is 13.2 Å². The summed E-state index contributed by atoms with van der Waals surface area (Å²) in [5.74, 6) is 0.558. The first-order valence-electron chi connectivity index (χ1n) is 10.2. The molecule has 1 aromatic carbocycles. The molecule has 5 atom stereocenters. The summed E-state index contributed by atoms with van der Waals surface area (Å²) >= 11 is 0. The van der Waals surface area contributed by atoms with Gasteiger partial charge >= 0.3 is 12.1 Å². The summed E-state index contributed by atoms with van der Waals surface area (Å²) in [7, 11) is 0. The lowest BCUT2D eigenvalue weighted by Crippen LogP contribution is -2.48. The molecule has 2 unspecified atom stereocenters. The predicted octanol–water partition coefficient (Wildman–Crippen LogP) is 3.52. The molecular formula is C22H33NO6. The van der Waals surface area contributed by atoms with Crippen molar-refractivity contribution < 1.29 is 28.5 Å². The number of hydrogen-bond donors (Lipinski definition) is 1. The van der Waals surface area contributed by atoms with Crippen molar-refractivity contribution in [2.24, 2.45) is 17.8 Å². The molecule has 1 saturated heterocycles. The zero-order valence-corrected chi connectivity index (χ0v) is 17.8. The first-order valence-corrected chi connectivity index (χ1v) is 10.2. The fourth-order valence-corrected chi connectivity index (χ4v) is 3.30. The Bertz CT molecular complexity index is 637. The van der Waals surface area contributed by atoms with Crippen molar-refractivity contribution in [3.05, 3.63) is 35.9 Å². The van der Waals surface area contributed by atoms with E-state index in [4.69, 9.17) is 18.9 Å². The Kier molecular flexibility index (Phi) is 9.41. The van der Waals surface area contributed by atoms with E-state index in [2.05, 4.69) is 26.1 Å². The number of nitrogens with one attached hydrogen (secondary N) is 1. The Balaban J connectivity index is 1.65. The van der Waals surface area contributed by atoms with E-state index in [0.29, 0.717) is 25.5 Å². The number of benzene rings is 1. The van der Waals surface area contributed by atoms with Crippen LogP contribution in [0.15, 0.2) is 30.3 Å². The van der Waals surface area contributed by atoms with Crippen LogP contribution in [0.5, 0.6) is 0 Å². The average Bonchev–Trinajstić information content (AvgIpc) is 2.71. The van der Waals surface area contributed by atoms with Crippen LogP contribution in [0.1, 0.15) is 39.7 Å². The Morgan fingerprint density at radius 1 is 1.03 bits per heavy atom. The second-order valence-corrected chi connectivity index (χ2v) is 7.64. The van der Waals surface area contributed by atoms with E-state index in [1.54, 1.807) is 0 Å². The quantitative estimate of drug-likeness (QED) is 0.498. The Morgan fingerprint density at radius 2 is 1.76 bits per heavy atom. The highest BCUT2D eigenvalue weighted by Gasteiger charge is 2.40. The lowest BCUT2D eigenvalue weighted by molar-refractivity contribution is -0.255. The van der Waals surface area contributed by atoms with Crippen LogP contribution in [-0.4, -0.2) is 44.2 Å². The number of alkyl carbamates (subject to hydrolysis) is 1. The van der Waals surface area contributed by atoms with E-state index in [0.717, 1.165) is 5.56 Å². The lowest BCUT2D eigenvalue weighted by Gasteiger charge is -2.43. The van der Waals surface area contributed by atoms with Gasteiger partial charge < -0.3 is 24.3 Å². The van der Waals surface area contributed by atoms with Gasteiger partial charge in [-0.3, -0.25) is 4.79 Å². The van der Waals surface area contributed by atoms with E-state index in [9.17, 15) is 9.59 Å². The highest BCUT2D eigenvalue weighted by molar-refractivity contribution is 5.67. The minimum atomic E-state index is -0.444. The molecule has 2 rings (SSSR count). The second-order valence-electron chi connectivity index (χ2n) is 7.64. The lowest BCUT2D eigenvalue weighted by atomic mass is 9.79. The van der Waals surface area contributed by atoms with Crippen molar-refractivity contribution in [1.82, 2.24) is 5.32 Å². The third kappa shape index (κ3) is 7.66. The topological polar surface area (TPSA) is 83.1 Å². The van der Waals surface area contributed by atoms with Gasteiger partial charge in [0.05, 0.1) is 12.7 Å². The molecule has 7 nitrogen and oxygen atoms in total. The van der Waals surface area contributed by atoms with Crippen molar-refractivity contribution in [1.29, 1.82) is 0 Å². The van der Waals surface area contributed by atoms with Crippen LogP contribution < -0.4 is 5.32 Å². The summed E-state index contributed by atoms with van der Waals surface area (Å²) in [5.41, 5.74) is 0.945. The molecule has 1 fully saturated rings. The van der Waals surface area contributed by atoms with Crippen molar-refractivity contribution in [3.8, 4) is 0 Å². The van der Waals surface area contributed by atoms with Gasteiger partial charge in [0.2, 0.25) is 0 Å². The molecule has 0 spiro atoms. The second kappa shape index (κ2) is 11.8. The molecule has 1 heterocycles. The molecule has 162 valence electrons. The van der Waals surface area contributed by atoms with Crippen LogP contribution in [0.3, 0.4) is 0 Å². The maximum absolute atomic E-state index is 11.7. The van der Waals surface area contributed by atoms with Crippen LogP contribution in [0, 0.1) is 17.8 Å². The van der Waals surface area contributed by atoms with Crippen molar-refractivity contribution in [2.75, 3.05) is 19.8 Å². The van der Waals surface area contributed by atoms with Gasteiger partial charge in [0.25, 0.3) is 0 Å². The molecule has 1 N–H and O–H groups in total. The molecule has 29 heavy (non-hydrogen) atoms. The number of ether oxygens (including phenoxy) is 4. The summed E-state index contributed by atoms with van der Waals surface area (Å²) in [6.07, 6.45) is -0.334. The molecule has 1 aromatic rings. The standard InChI is InChI=1S/C22H33NO6/c1-15-16(2)20(14-27-18(4)24)29-21(17(15)3)26-12-8-11-23-22(25)28-13-19-9-6-5-7-10-19/h5-7,9-10,15-17,20-21H,8,11-14H2,1-4H3,(H,23,25)/t15-,16+,17?,20?,21+/m0/s1. The maximum atomic E-state index is 11.7. The average molecular weight is 408 g/mol. The molecule has 0 saturated carbocycles. The maximum Gasteiger partial charge on any atom is 0.407 e. The molecule has 1 amide bonds. The molecule has 1 aliphatic rings.